The van der Waals surface area contributed by atoms with Gasteiger partial charge in [0.25, 0.3) is 0 Å². The van der Waals surface area contributed by atoms with E-state index in [1.165, 1.54) is 24.4 Å². The Balaban J connectivity index is 2.24. The number of pyridine rings is 1. The van der Waals surface area contributed by atoms with Gasteiger partial charge >= 0.3 is 0 Å². The maximum Gasteiger partial charge on any atom is 0.146 e. The number of hydrogen-bond donors (Lipinski definition) is 1. The molecule has 2 aromatic rings. The largest absolute Gasteiger partial charge is 0.324 e. The van der Waals surface area contributed by atoms with E-state index in [9.17, 15) is 8.78 Å². The molecule has 0 aliphatic heterocycles. The fourth-order valence-electron chi connectivity index (χ4n) is 1.73. The van der Waals surface area contributed by atoms with Crippen LogP contribution in [0.25, 0.3) is 0 Å². The highest BCUT2D eigenvalue weighted by molar-refractivity contribution is 9.10. The highest BCUT2D eigenvalue weighted by Gasteiger charge is 2.13. The zero-order valence-corrected chi connectivity index (χ0v) is 11.0. The van der Waals surface area contributed by atoms with Crippen molar-refractivity contribution in [3.8, 4) is 0 Å². The number of aromatic nitrogens is 1. The van der Waals surface area contributed by atoms with Crippen molar-refractivity contribution in [1.82, 2.24) is 4.98 Å². The van der Waals surface area contributed by atoms with Crippen molar-refractivity contribution >= 4 is 15.9 Å². The minimum Gasteiger partial charge on any atom is -0.324 e. The molecule has 94 valence electrons. The van der Waals surface area contributed by atoms with Gasteiger partial charge in [-0.15, -0.1) is 0 Å². The summed E-state index contributed by atoms with van der Waals surface area (Å²) in [6.07, 6.45) is 2.95. The molecule has 0 bridgehead atoms. The molecule has 1 atom stereocenters. The predicted molar refractivity (Wildman–Crippen MR) is 68.9 cm³/mol. The predicted octanol–water partition coefficient (Wildman–Crippen LogP) is 3.36. The van der Waals surface area contributed by atoms with E-state index < -0.39 is 11.9 Å². The molecule has 0 saturated heterocycles. The first-order valence-electron chi connectivity index (χ1n) is 5.37. The lowest BCUT2D eigenvalue weighted by atomic mass is 10.0. The third-order valence-electron chi connectivity index (χ3n) is 2.65. The normalized spacial score (nSPS) is 12.4. The summed E-state index contributed by atoms with van der Waals surface area (Å²) in [5.74, 6) is -0.784. The molecule has 1 unspecified atom stereocenters. The van der Waals surface area contributed by atoms with E-state index >= 15 is 0 Å². The van der Waals surface area contributed by atoms with E-state index in [2.05, 4.69) is 20.9 Å². The minimum absolute atomic E-state index is 0.337. The Hall–Kier alpha value is -1.33. The monoisotopic (exact) mass is 312 g/mol. The number of halogens is 3. The molecule has 0 aliphatic rings. The average Bonchev–Trinajstić information content (AvgIpc) is 2.34. The molecule has 0 radical (unpaired) electrons. The van der Waals surface area contributed by atoms with Gasteiger partial charge in [0.05, 0.1) is 6.20 Å². The molecule has 0 fully saturated rings. The first-order valence-corrected chi connectivity index (χ1v) is 6.16. The van der Waals surface area contributed by atoms with Crippen molar-refractivity contribution in [3.63, 3.8) is 0 Å². The summed E-state index contributed by atoms with van der Waals surface area (Å²) in [7, 11) is 0. The summed E-state index contributed by atoms with van der Waals surface area (Å²) in [4.78, 5) is 3.67. The summed E-state index contributed by atoms with van der Waals surface area (Å²) in [5, 5.41) is 0. The van der Waals surface area contributed by atoms with E-state index in [1.54, 1.807) is 6.07 Å². The Bertz CT molecular complexity index is 560. The second kappa shape index (κ2) is 5.54. The number of nitrogens with two attached hydrogens (primary N) is 1. The minimum atomic E-state index is -0.536. The molecule has 18 heavy (non-hydrogen) atoms. The van der Waals surface area contributed by atoms with Crippen LogP contribution < -0.4 is 5.73 Å². The smallest absolute Gasteiger partial charge is 0.146 e. The van der Waals surface area contributed by atoms with Crippen molar-refractivity contribution in [3.05, 3.63) is 63.9 Å². The molecule has 0 spiro atoms. The SMILES string of the molecule is NC(Cc1cc(F)ccc1Br)c1ccncc1F. The van der Waals surface area contributed by atoms with Crippen molar-refractivity contribution in [2.24, 2.45) is 5.73 Å². The van der Waals surface area contributed by atoms with Crippen LogP contribution in [0.1, 0.15) is 17.2 Å². The average molecular weight is 313 g/mol. The van der Waals surface area contributed by atoms with E-state index in [0.29, 0.717) is 17.5 Å². The van der Waals surface area contributed by atoms with Crippen molar-refractivity contribution in [1.29, 1.82) is 0 Å². The van der Waals surface area contributed by atoms with Crippen LogP contribution in [0.2, 0.25) is 0 Å². The Morgan fingerprint density at radius 1 is 1.28 bits per heavy atom. The lowest BCUT2D eigenvalue weighted by Crippen LogP contribution is -2.15. The van der Waals surface area contributed by atoms with Gasteiger partial charge in [0.1, 0.15) is 11.6 Å². The second-order valence-electron chi connectivity index (χ2n) is 3.94. The molecule has 1 heterocycles. The van der Waals surface area contributed by atoms with Crippen LogP contribution in [0.4, 0.5) is 8.78 Å². The molecule has 1 aromatic carbocycles. The quantitative estimate of drug-likeness (QED) is 0.943. The molecule has 2 N–H and O–H groups in total. The summed E-state index contributed by atoms with van der Waals surface area (Å²) >= 11 is 3.32. The molecule has 2 rings (SSSR count). The zero-order chi connectivity index (χ0) is 13.1. The van der Waals surface area contributed by atoms with Gasteiger partial charge in [-0.05, 0) is 36.2 Å². The number of rotatable bonds is 3. The van der Waals surface area contributed by atoms with Crippen LogP contribution in [0.3, 0.4) is 0 Å². The van der Waals surface area contributed by atoms with E-state index in [1.807, 2.05) is 0 Å². The standard InChI is InChI=1S/C13H11BrF2N2/c14-11-2-1-9(15)5-8(11)6-13(17)10-3-4-18-7-12(10)16/h1-5,7,13H,6,17H2. The van der Waals surface area contributed by atoms with Crippen LogP contribution >= 0.6 is 15.9 Å². The molecule has 0 saturated carbocycles. The lowest BCUT2D eigenvalue weighted by Gasteiger charge is -2.13. The van der Waals surface area contributed by atoms with Crippen molar-refractivity contribution in [2.45, 2.75) is 12.5 Å². The maximum atomic E-state index is 13.5. The van der Waals surface area contributed by atoms with Crippen LogP contribution in [-0.2, 0) is 6.42 Å². The Morgan fingerprint density at radius 3 is 2.78 bits per heavy atom. The fourth-order valence-corrected chi connectivity index (χ4v) is 2.14. The van der Waals surface area contributed by atoms with Crippen molar-refractivity contribution < 1.29 is 8.78 Å². The molecule has 0 amide bonds. The van der Waals surface area contributed by atoms with Crippen LogP contribution in [0, 0.1) is 11.6 Å². The van der Waals surface area contributed by atoms with E-state index in [4.69, 9.17) is 5.73 Å². The van der Waals surface area contributed by atoms with E-state index in [0.717, 1.165) is 10.7 Å². The molecule has 1 aromatic heterocycles. The van der Waals surface area contributed by atoms with Gasteiger partial charge in [0.2, 0.25) is 0 Å². The van der Waals surface area contributed by atoms with Crippen molar-refractivity contribution in [2.75, 3.05) is 0 Å². The van der Waals surface area contributed by atoms with Gasteiger partial charge in [-0.2, -0.15) is 0 Å². The molecular weight excluding hydrogens is 302 g/mol. The molecule has 2 nitrogen and oxygen atoms in total. The van der Waals surface area contributed by atoms with Crippen LogP contribution in [-0.4, -0.2) is 4.98 Å². The first-order chi connectivity index (χ1) is 8.58. The van der Waals surface area contributed by atoms with Gasteiger partial charge in [-0.1, -0.05) is 15.9 Å². The van der Waals surface area contributed by atoms with Crippen LogP contribution in [0.15, 0.2) is 41.1 Å². The van der Waals surface area contributed by atoms with Gasteiger partial charge in [0.15, 0.2) is 0 Å². The molecule has 0 aliphatic carbocycles. The van der Waals surface area contributed by atoms with Gasteiger partial charge in [0, 0.05) is 22.3 Å². The summed E-state index contributed by atoms with van der Waals surface area (Å²) in [6.45, 7) is 0. The third-order valence-corrected chi connectivity index (χ3v) is 3.42. The highest BCUT2D eigenvalue weighted by atomic mass is 79.9. The number of hydrogen-bond acceptors (Lipinski definition) is 2. The maximum absolute atomic E-state index is 13.5. The number of benzene rings is 1. The lowest BCUT2D eigenvalue weighted by molar-refractivity contribution is 0.572. The third kappa shape index (κ3) is 2.91. The Kier molecular flexibility index (Phi) is 4.04. The van der Waals surface area contributed by atoms with Gasteiger partial charge in [-0.3, -0.25) is 4.98 Å². The molecule has 5 heteroatoms. The molecular formula is C13H11BrF2N2. The topological polar surface area (TPSA) is 38.9 Å². The summed E-state index contributed by atoms with van der Waals surface area (Å²) in [6, 6.07) is 5.36. The fraction of sp³-hybridized carbons (Fsp3) is 0.154. The van der Waals surface area contributed by atoms with Gasteiger partial charge in [-0.25, -0.2) is 8.78 Å². The highest BCUT2D eigenvalue weighted by Crippen LogP contribution is 2.24. The van der Waals surface area contributed by atoms with Gasteiger partial charge < -0.3 is 5.73 Å². The Labute approximate surface area is 112 Å². The summed E-state index contributed by atoms with van der Waals surface area (Å²) < 4.78 is 27.4. The second-order valence-corrected chi connectivity index (χ2v) is 4.80. The number of nitrogens with zero attached hydrogens (tertiary/aromatic N) is 1. The summed E-state index contributed by atoms with van der Waals surface area (Å²) in [5.41, 5.74) is 7.02. The Morgan fingerprint density at radius 2 is 2.06 bits per heavy atom. The zero-order valence-electron chi connectivity index (χ0n) is 9.41. The first kappa shape index (κ1) is 13.1. The van der Waals surface area contributed by atoms with Crippen LogP contribution in [0.5, 0.6) is 0 Å². The van der Waals surface area contributed by atoms with E-state index in [-0.39, 0.29) is 5.82 Å².